The Morgan fingerprint density at radius 2 is 0.725 bits per heavy atom. The molecule has 10 nitrogen and oxygen atoms in total. The van der Waals surface area contributed by atoms with Gasteiger partial charge in [-0.2, -0.15) is 0 Å². The molecule has 0 radical (unpaired) electrons. The number of amides is 4. The van der Waals surface area contributed by atoms with Crippen molar-refractivity contribution in [2.75, 3.05) is 14.2 Å². The normalized spacial score (nSPS) is 25.4. The lowest BCUT2D eigenvalue weighted by Gasteiger charge is -2.33. The van der Waals surface area contributed by atoms with Crippen molar-refractivity contribution in [3.05, 3.63) is 58.7 Å². The van der Waals surface area contributed by atoms with Gasteiger partial charge in [0.15, 0.2) is 0 Å². The van der Waals surface area contributed by atoms with E-state index in [4.69, 9.17) is 9.47 Å². The predicted octanol–water partition coefficient (Wildman–Crippen LogP) is 2.96. The Bertz CT molecular complexity index is 1120. The summed E-state index contributed by atoms with van der Waals surface area (Å²) in [5.41, 5.74) is 1.19. The van der Waals surface area contributed by atoms with E-state index in [1.165, 1.54) is 14.2 Å². The van der Waals surface area contributed by atoms with Crippen LogP contribution in [0.25, 0.3) is 0 Å². The maximum atomic E-state index is 13.4. The van der Waals surface area contributed by atoms with E-state index in [2.05, 4.69) is 21.3 Å². The van der Waals surface area contributed by atoms with Gasteiger partial charge in [0.05, 0.1) is 14.2 Å². The Kier molecular flexibility index (Phi) is 8.23. The Labute approximate surface area is 233 Å². The van der Waals surface area contributed by atoms with Crippen LogP contribution in [-0.2, 0) is 0 Å². The van der Waals surface area contributed by atoms with Gasteiger partial charge in [-0.3, -0.25) is 19.2 Å². The first kappa shape index (κ1) is 27.5. The number of nitrogens with one attached hydrogen (secondary N) is 4. The fourth-order valence-electron chi connectivity index (χ4n) is 5.92. The van der Waals surface area contributed by atoms with Crippen LogP contribution < -0.4 is 30.7 Å². The molecule has 4 amide bonds. The molecular weight excluding hydrogens is 512 g/mol. The first-order valence-electron chi connectivity index (χ1n) is 14.0. The summed E-state index contributed by atoms with van der Waals surface area (Å²) in [5.74, 6) is -0.583. The Balaban J connectivity index is 1.54. The van der Waals surface area contributed by atoms with Crippen LogP contribution in [-0.4, -0.2) is 62.0 Å². The maximum Gasteiger partial charge on any atom is 0.251 e. The van der Waals surface area contributed by atoms with E-state index in [-0.39, 0.29) is 47.8 Å². The molecule has 3 aliphatic rings. The van der Waals surface area contributed by atoms with Gasteiger partial charge in [0.1, 0.15) is 11.5 Å². The molecule has 0 aromatic heterocycles. The van der Waals surface area contributed by atoms with Crippen molar-refractivity contribution >= 4 is 23.6 Å². The van der Waals surface area contributed by atoms with Crippen LogP contribution in [0.1, 0.15) is 92.8 Å². The molecule has 2 fully saturated rings. The van der Waals surface area contributed by atoms with Gasteiger partial charge >= 0.3 is 0 Å². The SMILES string of the molecule is COc1cc2cc(c1)C(=O)N[C@@H]1CCCC[C@H]1NC(=O)c1cc(OC)cc(c1)C(=O)N[C@@H]1CCCC[C@H]1NC2=O. The molecule has 1 heterocycles. The Hall–Kier alpha value is -4.08. The summed E-state index contributed by atoms with van der Waals surface area (Å²) in [6, 6.07) is 8.30. The zero-order valence-corrected chi connectivity index (χ0v) is 22.9. The van der Waals surface area contributed by atoms with Crippen LogP contribution in [0.2, 0.25) is 0 Å². The molecule has 5 rings (SSSR count). The van der Waals surface area contributed by atoms with Gasteiger partial charge in [-0.1, -0.05) is 25.7 Å². The molecule has 0 unspecified atom stereocenters. The molecule has 212 valence electrons. The highest BCUT2D eigenvalue weighted by molar-refractivity contribution is 6.02. The standard InChI is InChI=1S/C30H36N4O6/c1-39-21-13-17-11-18(14-21)28(36)32-24-8-4-6-10-26(24)34-30(38)20-12-19(15-22(16-20)40-2)29(37)33-25-9-5-3-7-23(25)31-27(17)35/h11-16,23-26H,3-10H2,1-2H3,(H,31,35)(H,32,36)(H,33,37)(H,34,38)/t23-,24-,25-,26-/m1/s1. The van der Waals surface area contributed by atoms with Crippen molar-refractivity contribution in [3.8, 4) is 11.5 Å². The van der Waals surface area contributed by atoms with Gasteiger partial charge in [-0.15, -0.1) is 0 Å². The van der Waals surface area contributed by atoms with Gasteiger partial charge < -0.3 is 30.7 Å². The molecule has 4 bridgehead atoms. The minimum atomic E-state index is -0.341. The first-order valence-corrected chi connectivity index (χ1v) is 14.0. The van der Waals surface area contributed by atoms with Crippen molar-refractivity contribution in [2.45, 2.75) is 75.5 Å². The summed E-state index contributed by atoms with van der Waals surface area (Å²) in [6.45, 7) is 0. The third kappa shape index (κ3) is 6.05. The lowest BCUT2D eigenvalue weighted by molar-refractivity contribution is 0.0854. The van der Waals surface area contributed by atoms with E-state index in [9.17, 15) is 19.2 Å². The molecule has 2 aromatic rings. The van der Waals surface area contributed by atoms with Crippen molar-refractivity contribution < 1.29 is 28.7 Å². The second kappa shape index (κ2) is 12.0. The smallest absolute Gasteiger partial charge is 0.251 e. The monoisotopic (exact) mass is 548 g/mol. The molecule has 0 spiro atoms. The zero-order valence-electron chi connectivity index (χ0n) is 22.9. The Morgan fingerprint density at radius 1 is 0.475 bits per heavy atom. The molecule has 2 aliphatic carbocycles. The summed E-state index contributed by atoms with van der Waals surface area (Å²) in [4.78, 5) is 53.6. The molecule has 4 atom stereocenters. The number of methoxy groups -OCH3 is 2. The third-order valence-corrected chi connectivity index (χ3v) is 8.13. The van der Waals surface area contributed by atoms with E-state index in [0.29, 0.717) is 59.4 Å². The van der Waals surface area contributed by atoms with Crippen molar-refractivity contribution in [1.82, 2.24) is 21.3 Å². The maximum absolute atomic E-state index is 13.4. The molecule has 2 saturated carbocycles. The number of carbonyl (C=O) groups excluding carboxylic acids is 4. The molecule has 0 saturated heterocycles. The van der Waals surface area contributed by atoms with Crippen LogP contribution in [0.15, 0.2) is 36.4 Å². The highest BCUT2D eigenvalue weighted by Gasteiger charge is 2.31. The van der Waals surface area contributed by atoms with Gasteiger partial charge in [-0.25, -0.2) is 0 Å². The lowest BCUT2D eigenvalue weighted by atomic mass is 9.89. The number of hydrogen-bond donors (Lipinski definition) is 4. The largest absolute Gasteiger partial charge is 0.497 e. The molecule has 1 aliphatic heterocycles. The van der Waals surface area contributed by atoms with Crippen LogP contribution >= 0.6 is 0 Å². The second-order valence-corrected chi connectivity index (χ2v) is 10.8. The average molecular weight is 549 g/mol. The van der Waals surface area contributed by atoms with Gasteiger partial charge in [0, 0.05) is 46.4 Å². The summed E-state index contributed by atoms with van der Waals surface area (Å²) >= 11 is 0. The quantitative estimate of drug-likeness (QED) is 0.456. The highest BCUT2D eigenvalue weighted by Crippen LogP contribution is 2.25. The van der Waals surface area contributed by atoms with Crippen LogP contribution in [0.5, 0.6) is 11.5 Å². The minimum Gasteiger partial charge on any atom is -0.497 e. The molecular formula is C30H36N4O6. The van der Waals surface area contributed by atoms with E-state index >= 15 is 0 Å². The number of carbonyl (C=O) groups is 4. The number of rotatable bonds is 2. The third-order valence-electron chi connectivity index (χ3n) is 8.13. The highest BCUT2D eigenvalue weighted by atomic mass is 16.5. The number of hydrogen-bond acceptors (Lipinski definition) is 6. The van der Waals surface area contributed by atoms with E-state index in [1.54, 1.807) is 36.4 Å². The van der Waals surface area contributed by atoms with E-state index in [1.807, 2.05) is 0 Å². The van der Waals surface area contributed by atoms with E-state index in [0.717, 1.165) is 25.7 Å². The molecule has 4 N–H and O–H groups in total. The van der Waals surface area contributed by atoms with Crippen LogP contribution in [0.3, 0.4) is 0 Å². The van der Waals surface area contributed by atoms with Crippen molar-refractivity contribution in [1.29, 1.82) is 0 Å². The summed E-state index contributed by atoms with van der Waals surface area (Å²) in [6.07, 6.45) is 6.44. The summed E-state index contributed by atoms with van der Waals surface area (Å²) < 4.78 is 10.8. The summed E-state index contributed by atoms with van der Waals surface area (Å²) in [5, 5.41) is 12.3. The number of benzene rings is 2. The second-order valence-electron chi connectivity index (χ2n) is 10.8. The topological polar surface area (TPSA) is 135 Å². The zero-order chi connectivity index (χ0) is 28.2. The van der Waals surface area contributed by atoms with Crippen LogP contribution in [0.4, 0.5) is 0 Å². The molecule has 2 aromatic carbocycles. The summed E-state index contributed by atoms with van der Waals surface area (Å²) in [7, 11) is 2.97. The van der Waals surface area contributed by atoms with E-state index < -0.39 is 0 Å². The van der Waals surface area contributed by atoms with Crippen molar-refractivity contribution in [3.63, 3.8) is 0 Å². The van der Waals surface area contributed by atoms with Crippen LogP contribution in [0, 0.1) is 0 Å². The van der Waals surface area contributed by atoms with Crippen molar-refractivity contribution in [2.24, 2.45) is 0 Å². The number of ether oxygens (including phenoxy) is 2. The average Bonchev–Trinajstić information content (AvgIpc) is 2.98. The Morgan fingerprint density at radius 3 is 0.950 bits per heavy atom. The minimum absolute atomic E-state index is 0.298. The molecule has 40 heavy (non-hydrogen) atoms. The fourth-order valence-corrected chi connectivity index (χ4v) is 5.92. The van der Waals surface area contributed by atoms with Gasteiger partial charge in [0.25, 0.3) is 23.6 Å². The number of fused-ring (bicyclic) bond motifs is 6. The lowest BCUT2D eigenvalue weighted by Crippen LogP contribution is -2.53. The first-order chi connectivity index (χ1) is 19.3. The van der Waals surface area contributed by atoms with Gasteiger partial charge in [0.2, 0.25) is 0 Å². The van der Waals surface area contributed by atoms with Gasteiger partial charge in [-0.05, 0) is 62.1 Å². The predicted molar refractivity (Wildman–Crippen MR) is 148 cm³/mol. The molecule has 10 heteroatoms. The fraction of sp³-hybridized carbons (Fsp3) is 0.467.